The number of hydrogen-bond acceptors (Lipinski definition) is 2. The Morgan fingerprint density at radius 3 is 2.12 bits per heavy atom. The summed E-state index contributed by atoms with van der Waals surface area (Å²) in [5.74, 6) is -0.162. The first kappa shape index (κ1) is 17.6. The second-order valence-electron chi connectivity index (χ2n) is 4.04. The average Bonchev–Trinajstić information content (AvgIpc) is 2.27. The molecule has 0 aromatic carbocycles. The molecule has 0 bridgehead atoms. The largest absolute Gasteiger partial charge is 0.465 e. The van der Waals surface area contributed by atoms with E-state index in [0.29, 0.717) is 13.0 Å². The first-order chi connectivity index (χ1) is 7.81. The number of hydrogen-bond donors (Lipinski definition) is 0. The van der Waals surface area contributed by atoms with Gasteiger partial charge in [-0.1, -0.05) is 44.6 Å². The van der Waals surface area contributed by atoms with Gasteiger partial charge in [-0.15, -0.1) is 6.58 Å². The van der Waals surface area contributed by atoms with Crippen LogP contribution < -0.4 is 0 Å². The first-order valence-corrected chi connectivity index (χ1v) is 6.37. The van der Waals surface area contributed by atoms with Gasteiger partial charge < -0.3 is 11.7 Å². The molecular weight excluding hydrogens is 467 g/mol. The van der Waals surface area contributed by atoms with Crippen molar-refractivity contribution < 1.29 is 9.53 Å². The molecule has 0 heterocycles. The molecule has 2 nitrogen and oxygen atoms in total. The van der Waals surface area contributed by atoms with Crippen molar-refractivity contribution in [3.8, 4) is 0 Å². The van der Waals surface area contributed by atoms with E-state index in [1.807, 2.05) is 0 Å². The summed E-state index contributed by atoms with van der Waals surface area (Å²) in [4.78, 5) is 11.0. The van der Waals surface area contributed by atoms with Gasteiger partial charge in [0.1, 0.15) is 0 Å². The van der Waals surface area contributed by atoms with Crippen molar-refractivity contribution in [2.75, 3.05) is 6.61 Å². The molecule has 3 heteroatoms. The normalized spacial score (nSPS) is 9.47. The van der Waals surface area contributed by atoms with Crippen molar-refractivity contribution >= 4 is 5.97 Å². The quantitative estimate of drug-likeness (QED) is 0.188. The molecule has 0 aliphatic rings. The molecule has 17 heavy (non-hydrogen) atoms. The molecule has 0 fully saturated rings. The Labute approximate surface area is 100 Å². The van der Waals surface area contributed by atoms with Crippen molar-refractivity contribution in [3.63, 3.8) is 0 Å². The Kier molecular flexibility index (Phi) is 14.7. The van der Waals surface area contributed by atoms with Crippen LogP contribution in [0.4, 0.5) is 0 Å². The maximum Gasteiger partial charge on any atom is 0.309 e. The van der Waals surface area contributed by atoms with Crippen molar-refractivity contribution in [2.45, 2.75) is 57.8 Å². The Morgan fingerprint density at radius 1 is 1.06 bits per heavy atom. The molecule has 0 atom stereocenters. The fourth-order valence-corrected chi connectivity index (χ4v) is 1.53. The summed E-state index contributed by atoms with van der Waals surface area (Å²) in [6.45, 7) is 7.87. The summed E-state index contributed by atoms with van der Waals surface area (Å²) in [5, 5.41) is 0. The van der Waals surface area contributed by atoms with E-state index in [1.54, 1.807) is 6.08 Å². The van der Waals surface area contributed by atoms with Gasteiger partial charge in [0, 0.05) is 0 Å². The smallest absolute Gasteiger partial charge is 0.309 e. The van der Waals surface area contributed by atoms with Gasteiger partial charge in [-0.3, -0.25) is 4.79 Å². The number of carbonyl (C=O) groups excluding carboxylic acids is 1. The van der Waals surface area contributed by atoms with E-state index in [1.165, 1.54) is 32.1 Å². The van der Waals surface area contributed by atoms with E-state index in [-0.39, 0.29) is 5.97 Å². The molecule has 0 spiro atoms. The summed E-state index contributed by atoms with van der Waals surface area (Å²) in [6, 6.07) is 0. The third-order valence-corrected chi connectivity index (χ3v) is 2.47. The fraction of sp³-hybridized carbons (Fsp3) is 0.714. The molecule has 0 aromatic rings. The van der Waals surface area contributed by atoms with Crippen molar-refractivity contribution in [3.05, 3.63) is 19.6 Å². The second-order valence-corrected chi connectivity index (χ2v) is 4.04. The Morgan fingerprint density at radius 2 is 1.59 bits per heavy atom. The van der Waals surface area contributed by atoms with Crippen LogP contribution in [0, 0.1) is 6.92 Å². The topological polar surface area (TPSA) is 26.3 Å². The maximum atomic E-state index is 11.0. The van der Waals surface area contributed by atoms with Crippen molar-refractivity contribution in [1.29, 1.82) is 0 Å². The molecule has 0 radical (unpaired) electrons. The van der Waals surface area contributed by atoms with Gasteiger partial charge in [0.05, 0.1) is 13.0 Å². The predicted octanol–water partition coefficient (Wildman–Crippen LogP) is 4.06. The Balaban J connectivity index is 0. The minimum atomic E-state index is -0.162. The molecule has 0 rings (SSSR count). The van der Waals surface area contributed by atoms with E-state index in [2.05, 4.69) is 13.5 Å². The Hall–Kier alpha value is -1.79. The second kappa shape index (κ2) is 14.2. The molecule has 0 saturated heterocycles. The van der Waals surface area contributed by atoms with Crippen LogP contribution in [0.2, 0.25) is 0 Å². The molecule has 0 amide bonds. The summed E-state index contributed by atoms with van der Waals surface area (Å²) >= 11 is 0. The van der Waals surface area contributed by atoms with Crippen LogP contribution in [0.3, 0.4) is 0 Å². The predicted molar refractivity (Wildman–Crippen MR) is 68.1 cm³/mol. The van der Waals surface area contributed by atoms with Gasteiger partial charge >= 0.3 is 5.97 Å². The fourth-order valence-electron chi connectivity index (χ4n) is 1.53. The Bertz CT molecular complexity index is 181. The number of rotatable bonds is 11. The molecule has 96 valence electrons. The summed E-state index contributed by atoms with van der Waals surface area (Å²) in [7, 11) is 0. The molecular formula is C14H25O2Rf-. The summed E-state index contributed by atoms with van der Waals surface area (Å²) in [5.41, 5.74) is 0. The van der Waals surface area contributed by atoms with Crippen molar-refractivity contribution in [1.82, 2.24) is 0 Å². The van der Waals surface area contributed by atoms with Gasteiger partial charge in [-0.05, 0) is 6.42 Å². The molecule has 0 aliphatic carbocycles. The van der Waals surface area contributed by atoms with Crippen LogP contribution in [0.25, 0.3) is 0 Å². The molecule has 0 N–H and O–H groups in total. The SMILES string of the molecule is C=CCC(=O)OCCCCCCCCC[CH2-].[Rf]. The van der Waals surface area contributed by atoms with Gasteiger partial charge in [0.15, 0.2) is 0 Å². The van der Waals surface area contributed by atoms with E-state index in [0.717, 1.165) is 19.3 Å². The zero-order valence-electron chi connectivity index (χ0n) is 11.1. The van der Waals surface area contributed by atoms with Crippen LogP contribution in [0.15, 0.2) is 12.7 Å². The minimum Gasteiger partial charge on any atom is -0.465 e. The van der Waals surface area contributed by atoms with E-state index >= 15 is 0 Å². The van der Waals surface area contributed by atoms with Gasteiger partial charge in [0.2, 0.25) is 0 Å². The standard InChI is InChI=1S/C14H25O2.Rf/c1-3-5-6-7-8-9-10-11-13-16-14(15)12-4-2;/h4H,1-3,5-13H2;/q-1;. The third kappa shape index (κ3) is 14.2. The van der Waals surface area contributed by atoms with E-state index in [9.17, 15) is 4.79 Å². The van der Waals surface area contributed by atoms with Crippen LogP contribution in [-0.2, 0) is 9.53 Å². The van der Waals surface area contributed by atoms with E-state index < -0.39 is 0 Å². The van der Waals surface area contributed by atoms with Gasteiger partial charge in [0.25, 0.3) is 0 Å². The van der Waals surface area contributed by atoms with Crippen LogP contribution in [0.1, 0.15) is 57.8 Å². The first-order valence-electron chi connectivity index (χ1n) is 6.37. The van der Waals surface area contributed by atoms with Crippen LogP contribution in [0.5, 0.6) is 0 Å². The third-order valence-electron chi connectivity index (χ3n) is 2.47. The molecule has 0 aliphatic heterocycles. The number of carbonyl (C=O) groups is 1. The number of ether oxygens (including phenoxy) is 1. The average molecular weight is 492 g/mol. The van der Waals surface area contributed by atoms with Gasteiger partial charge in [-0.2, -0.15) is 6.42 Å². The zero-order valence-corrected chi connectivity index (χ0v) is 17.5. The van der Waals surface area contributed by atoms with Crippen LogP contribution >= 0.6 is 0 Å². The summed E-state index contributed by atoms with van der Waals surface area (Å²) in [6.07, 6.45) is 11.5. The molecule has 0 unspecified atom stereocenters. The minimum absolute atomic E-state index is 0. The number of unbranched alkanes of at least 4 members (excludes halogenated alkanes) is 7. The van der Waals surface area contributed by atoms with Gasteiger partial charge in [-0.25, -0.2) is 0 Å². The van der Waals surface area contributed by atoms with Crippen LogP contribution in [-0.4, -0.2) is 12.6 Å². The number of esters is 1. The summed E-state index contributed by atoms with van der Waals surface area (Å²) < 4.78 is 5.01. The monoisotopic (exact) mass is 492 g/mol. The van der Waals surface area contributed by atoms with Crippen molar-refractivity contribution in [2.24, 2.45) is 0 Å². The molecule has 0 saturated carbocycles. The zero-order chi connectivity index (χ0) is 12.1. The molecule has 0 aromatic heterocycles. The van der Waals surface area contributed by atoms with E-state index in [4.69, 9.17) is 4.74 Å². The maximum absolute atomic E-state index is 11.0.